The fourth-order valence-electron chi connectivity index (χ4n) is 6.84. The molecule has 0 saturated carbocycles. The van der Waals surface area contributed by atoms with Crippen molar-refractivity contribution in [1.82, 2.24) is 8.75 Å². The van der Waals surface area contributed by atoms with Gasteiger partial charge in [0, 0.05) is 24.0 Å². The molecule has 0 saturated heterocycles. The van der Waals surface area contributed by atoms with E-state index in [0.29, 0.717) is 26.1 Å². The van der Waals surface area contributed by atoms with Gasteiger partial charge in [0.2, 0.25) is 0 Å². The maximum absolute atomic E-state index is 11.8. The molecule has 3 aromatic carbocycles. The van der Waals surface area contributed by atoms with Crippen molar-refractivity contribution >= 4 is 34.7 Å². The smallest absolute Gasteiger partial charge is 0.306 e. The molecular weight excluding hydrogens is 757 g/mol. The molecule has 0 fully saturated rings. The number of ether oxygens (including phenoxy) is 4. The van der Waals surface area contributed by atoms with Crippen LogP contribution in [0.5, 0.6) is 11.5 Å². The lowest BCUT2D eigenvalue weighted by molar-refractivity contribution is -0.146. The molecule has 0 amide bonds. The van der Waals surface area contributed by atoms with Crippen LogP contribution >= 0.6 is 11.7 Å². The average molecular weight is 821 g/mol. The van der Waals surface area contributed by atoms with Crippen molar-refractivity contribution in [3.05, 3.63) is 111 Å². The minimum atomic E-state index is -0.394. The lowest BCUT2D eigenvalue weighted by Crippen LogP contribution is -2.12. The number of nitrogens with zero attached hydrogens (tertiary/aromatic N) is 2. The third-order valence-electron chi connectivity index (χ3n) is 10.3. The summed E-state index contributed by atoms with van der Waals surface area (Å²) in [5, 5.41) is 0. The first-order chi connectivity index (χ1) is 28.9. The first kappa shape index (κ1) is 46.7. The van der Waals surface area contributed by atoms with Crippen LogP contribution in [0.25, 0.3) is 33.3 Å². The summed E-state index contributed by atoms with van der Waals surface area (Å²) in [5.41, 5.74) is 6.09. The number of unbranched alkanes of at least 4 members (excludes halogenated alkanes) is 14. The van der Waals surface area contributed by atoms with E-state index in [1.807, 2.05) is 24.3 Å². The van der Waals surface area contributed by atoms with Gasteiger partial charge in [-0.05, 0) is 85.4 Å². The molecule has 0 bridgehead atoms. The fraction of sp³-hybridized carbons (Fsp3) is 0.440. The van der Waals surface area contributed by atoms with Crippen LogP contribution in [0.1, 0.15) is 116 Å². The Morgan fingerprint density at radius 3 is 1.14 bits per heavy atom. The van der Waals surface area contributed by atoms with Gasteiger partial charge < -0.3 is 18.9 Å². The van der Waals surface area contributed by atoms with Crippen molar-refractivity contribution in [1.29, 1.82) is 0 Å². The highest BCUT2D eigenvalue weighted by molar-refractivity contribution is 7.00. The van der Waals surface area contributed by atoms with E-state index >= 15 is 0 Å². The Hall–Kier alpha value is -5.02. The predicted molar refractivity (Wildman–Crippen MR) is 243 cm³/mol. The third-order valence-corrected chi connectivity index (χ3v) is 10.8. The van der Waals surface area contributed by atoms with E-state index < -0.39 is 12.2 Å². The molecule has 0 unspecified atom stereocenters. The quantitative estimate of drug-likeness (QED) is 0.0273. The lowest BCUT2D eigenvalue weighted by atomic mass is 9.98. The molecule has 0 aliphatic carbocycles. The summed E-state index contributed by atoms with van der Waals surface area (Å²) in [6, 6.07) is 20.8. The standard InChI is InChI=1S/C50H64N2O6S/c1-5-41(6-2)57-47(53)25-21-17-13-9-11-15-19-23-37-55-43-31-27-39(28-32-43)45-35-36-46(50-49(45)51-59-52-50)40-29-33-44(34-30-40)56-38-24-20-16-12-10-14-18-22-26-48(54)58-42(7-3)8-4/h5-8,27-36,41-42H,1-4,9-26,37-38H2. The largest absolute Gasteiger partial charge is 0.494 e. The number of benzene rings is 3. The second-order valence-corrected chi connectivity index (χ2v) is 15.4. The Labute approximate surface area is 356 Å². The van der Waals surface area contributed by atoms with Crippen molar-refractivity contribution in [2.45, 2.75) is 128 Å². The van der Waals surface area contributed by atoms with Gasteiger partial charge in [-0.15, -0.1) is 0 Å². The number of aromatic nitrogens is 2. The van der Waals surface area contributed by atoms with Crippen molar-refractivity contribution in [2.24, 2.45) is 0 Å². The van der Waals surface area contributed by atoms with Crippen LogP contribution in [0.4, 0.5) is 0 Å². The SMILES string of the molecule is C=CC(C=C)OC(=O)CCCCCCCCCCOc1ccc(-c2ccc(-c3ccc(OCCCCCCCCCCC(=O)OC(C=C)C=C)cc3)c3nsnc23)cc1. The van der Waals surface area contributed by atoms with E-state index in [2.05, 4.69) is 71.5 Å². The minimum absolute atomic E-state index is 0.183. The molecule has 4 rings (SSSR count). The molecule has 0 radical (unpaired) electrons. The van der Waals surface area contributed by atoms with Crippen LogP contribution in [-0.2, 0) is 19.1 Å². The number of esters is 2. The average Bonchev–Trinajstić information content (AvgIpc) is 3.76. The van der Waals surface area contributed by atoms with E-state index in [1.54, 1.807) is 24.3 Å². The highest BCUT2D eigenvalue weighted by atomic mass is 32.1. The second-order valence-electron chi connectivity index (χ2n) is 14.9. The summed E-state index contributed by atoms with van der Waals surface area (Å²) in [4.78, 5) is 23.7. The molecule has 59 heavy (non-hydrogen) atoms. The van der Waals surface area contributed by atoms with E-state index in [-0.39, 0.29) is 11.9 Å². The highest BCUT2D eigenvalue weighted by Crippen LogP contribution is 2.35. The Kier molecular flexibility index (Phi) is 21.9. The van der Waals surface area contributed by atoms with Gasteiger partial charge in [-0.1, -0.05) is 140 Å². The molecule has 316 valence electrons. The zero-order valence-electron chi connectivity index (χ0n) is 35.0. The topological polar surface area (TPSA) is 96.8 Å². The van der Waals surface area contributed by atoms with Crippen molar-refractivity contribution in [3.63, 3.8) is 0 Å². The van der Waals surface area contributed by atoms with Crippen LogP contribution in [0.3, 0.4) is 0 Å². The molecule has 0 atom stereocenters. The van der Waals surface area contributed by atoms with Crippen molar-refractivity contribution in [3.8, 4) is 33.8 Å². The normalized spacial score (nSPS) is 11.1. The fourth-order valence-corrected chi connectivity index (χ4v) is 7.42. The molecule has 4 aromatic rings. The zero-order chi connectivity index (χ0) is 41.9. The third kappa shape index (κ3) is 17.0. The zero-order valence-corrected chi connectivity index (χ0v) is 35.8. The van der Waals surface area contributed by atoms with Crippen molar-refractivity contribution < 1.29 is 28.5 Å². The number of carbonyl (C=O) groups is 2. The first-order valence-corrected chi connectivity index (χ1v) is 22.3. The molecule has 0 spiro atoms. The molecule has 0 aliphatic heterocycles. The second kappa shape index (κ2) is 27.6. The predicted octanol–water partition coefficient (Wildman–Crippen LogP) is 13.4. The van der Waals surface area contributed by atoms with Gasteiger partial charge in [-0.2, -0.15) is 8.75 Å². The van der Waals surface area contributed by atoms with Gasteiger partial charge in [0.05, 0.1) is 24.9 Å². The van der Waals surface area contributed by atoms with E-state index in [1.165, 1.54) is 50.3 Å². The Morgan fingerprint density at radius 1 is 0.475 bits per heavy atom. The molecular formula is C50H64N2O6S. The summed E-state index contributed by atoms with van der Waals surface area (Å²) in [6.45, 7) is 16.0. The number of rotatable bonds is 32. The van der Waals surface area contributed by atoms with Crippen LogP contribution < -0.4 is 9.47 Å². The van der Waals surface area contributed by atoms with E-state index in [0.717, 1.165) is 109 Å². The number of hydrogen-bond acceptors (Lipinski definition) is 9. The molecule has 8 nitrogen and oxygen atoms in total. The van der Waals surface area contributed by atoms with Gasteiger partial charge in [-0.25, -0.2) is 0 Å². The van der Waals surface area contributed by atoms with Gasteiger partial charge in [0.1, 0.15) is 34.7 Å². The molecule has 9 heteroatoms. The summed E-state index contributed by atoms with van der Waals surface area (Å²) in [6.07, 6.45) is 24.0. The Morgan fingerprint density at radius 2 is 0.797 bits per heavy atom. The Balaban J connectivity index is 1.08. The number of fused-ring (bicyclic) bond motifs is 1. The van der Waals surface area contributed by atoms with Gasteiger partial charge >= 0.3 is 11.9 Å². The van der Waals surface area contributed by atoms with Crippen LogP contribution in [0, 0.1) is 0 Å². The maximum atomic E-state index is 11.8. The number of hydrogen-bond donors (Lipinski definition) is 0. The summed E-state index contributed by atoms with van der Waals surface area (Å²) < 4.78 is 32.0. The Bertz CT molecular complexity index is 1720. The lowest BCUT2D eigenvalue weighted by Gasteiger charge is -2.10. The van der Waals surface area contributed by atoms with Crippen LogP contribution in [0.2, 0.25) is 0 Å². The van der Waals surface area contributed by atoms with E-state index in [4.69, 9.17) is 18.9 Å². The molecule has 1 heterocycles. The maximum Gasteiger partial charge on any atom is 0.306 e. The van der Waals surface area contributed by atoms with Crippen LogP contribution in [0.15, 0.2) is 111 Å². The summed E-state index contributed by atoms with van der Waals surface area (Å²) >= 11 is 1.24. The number of carbonyl (C=O) groups excluding carboxylic acids is 2. The van der Waals surface area contributed by atoms with Crippen LogP contribution in [-0.4, -0.2) is 46.1 Å². The van der Waals surface area contributed by atoms with Crippen molar-refractivity contribution in [2.75, 3.05) is 13.2 Å². The van der Waals surface area contributed by atoms with Gasteiger partial charge in [0.15, 0.2) is 0 Å². The monoisotopic (exact) mass is 820 g/mol. The van der Waals surface area contributed by atoms with Gasteiger partial charge in [-0.3, -0.25) is 9.59 Å². The first-order valence-electron chi connectivity index (χ1n) is 21.6. The minimum Gasteiger partial charge on any atom is -0.494 e. The molecule has 0 aliphatic rings. The molecule has 0 N–H and O–H groups in total. The van der Waals surface area contributed by atoms with E-state index in [9.17, 15) is 9.59 Å². The molecule has 1 aromatic heterocycles. The van der Waals surface area contributed by atoms with Gasteiger partial charge in [0.25, 0.3) is 0 Å². The summed E-state index contributed by atoms with van der Waals surface area (Å²) in [7, 11) is 0. The summed E-state index contributed by atoms with van der Waals surface area (Å²) in [5.74, 6) is 1.38. The highest BCUT2D eigenvalue weighted by Gasteiger charge is 2.14.